The lowest BCUT2D eigenvalue weighted by Gasteiger charge is -2.12. The standard InChI is InChI=1S/C15H17NO3/c1-10-7-13(19-2)5-6-14(10)16-9-11-3-4-12(17)8-15(11)18/h3-8,16-18H,9H2,1-2H3. The van der Waals surface area contributed by atoms with E-state index in [1.54, 1.807) is 19.2 Å². The third kappa shape index (κ3) is 3.10. The maximum atomic E-state index is 9.70. The predicted molar refractivity (Wildman–Crippen MR) is 74.8 cm³/mol. The van der Waals surface area contributed by atoms with Crippen LogP contribution in [0.2, 0.25) is 0 Å². The number of aryl methyl sites for hydroxylation is 1. The first-order chi connectivity index (χ1) is 9.10. The van der Waals surface area contributed by atoms with Gasteiger partial charge in [-0.1, -0.05) is 0 Å². The van der Waals surface area contributed by atoms with Crippen LogP contribution in [0.1, 0.15) is 11.1 Å². The van der Waals surface area contributed by atoms with Crippen molar-refractivity contribution in [2.75, 3.05) is 12.4 Å². The summed E-state index contributed by atoms with van der Waals surface area (Å²) in [4.78, 5) is 0. The van der Waals surface area contributed by atoms with Gasteiger partial charge in [0, 0.05) is 23.9 Å². The van der Waals surface area contributed by atoms with Crippen LogP contribution in [-0.4, -0.2) is 17.3 Å². The van der Waals surface area contributed by atoms with Crippen LogP contribution in [0.5, 0.6) is 17.2 Å². The van der Waals surface area contributed by atoms with E-state index in [-0.39, 0.29) is 11.5 Å². The maximum Gasteiger partial charge on any atom is 0.124 e. The highest BCUT2D eigenvalue weighted by atomic mass is 16.5. The zero-order valence-electron chi connectivity index (χ0n) is 11.0. The van der Waals surface area contributed by atoms with Gasteiger partial charge >= 0.3 is 0 Å². The van der Waals surface area contributed by atoms with E-state index in [0.717, 1.165) is 22.6 Å². The third-order valence-corrected chi connectivity index (χ3v) is 2.97. The number of hydrogen-bond donors (Lipinski definition) is 3. The van der Waals surface area contributed by atoms with Crippen molar-refractivity contribution in [1.82, 2.24) is 0 Å². The number of phenols is 2. The van der Waals surface area contributed by atoms with Crippen LogP contribution in [0.15, 0.2) is 36.4 Å². The molecule has 0 saturated carbocycles. The summed E-state index contributed by atoms with van der Waals surface area (Å²) in [5.41, 5.74) is 2.78. The molecule has 0 unspecified atom stereocenters. The van der Waals surface area contributed by atoms with E-state index in [1.165, 1.54) is 6.07 Å². The number of anilines is 1. The Labute approximate surface area is 112 Å². The van der Waals surface area contributed by atoms with Crippen LogP contribution in [0.25, 0.3) is 0 Å². The number of ether oxygens (including phenoxy) is 1. The van der Waals surface area contributed by atoms with E-state index >= 15 is 0 Å². The first kappa shape index (κ1) is 13.1. The Balaban J connectivity index is 2.10. The highest BCUT2D eigenvalue weighted by Crippen LogP contribution is 2.25. The minimum atomic E-state index is 0.0573. The molecular formula is C15H17NO3. The van der Waals surface area contributed by atoms with Gasteiger partial charge in [-0.05, 0) is 42.8 Å². The van der Waals surface area contributed by atoms with E-state index < -0.39 is 0 Å². The van der Waals surface area contributed by atoms with Crippen LogP contribution < -0.4 is 10.1 Å². The Morgan fingerprint density at radius 2 is 1.89 bits per heavy atom. The van der Waals surface area contributed by atoms with Crippen LogP contribution in [-0.2, 0) is 6.54 Å². The summed E-state index contributed by atoms with van der Waals surface area (Å²) in [5.74, 6) is 0.955. The quantitative estimate of drug-likeness (QED) is 0.789. The van der Waals surface area contributed by atoms with Crippen LogP contribution >= 0.6 is 0 Å². The Morgan fingerprint density at radius 1 is 1.11 bits per heavy atom. The number of aromatic hydroxyl groups is 2. The van der Waals surface area contributed by atoms with Gasteiger partial charge in [0.05, 0.1) is 7.11 Å². The molecule has 4 heteroatoms. The van der Waals surface area contributed by atoms with Crippen LogP contribution in [0.3, 0.4) is 0 Å². The molecule has 0 fully saturated rings. The lowest BCUT2D eigenvalue weighted by molar-refractivity contribution is 0.414. The van der Waals surface area contributed by atoms with E-state index in [9.17, 15) is 10.2 Å². The molecule has 0 amide bonds. The van der Waals surface area contributed by atoms with E-state index in [2.05, 4.69) is 5.32 Å². The largest absolute Gasteiger partial charge is 0.508 e. The van der Waals surface area contributed by atoms with Gasteiger partial charge < -0.3 is 20.3 Å². The molecular weight excluding hydrogens is 242 g/mol. The van der Waals surface area contributed by atoms with Crippen molar-refractivity contribution < 1.29 is 14.9 Å². The van der Waals surface area contributed by atoms with Gasteiger partial charge in [-0.25, -0.2) is 0 Å². The number of benzene rings is 2. The molecule has 100 valence electrons. The fourth-order valence-electron chi connectivity index (χ4n) is 1.85. The highest BCUT2D eigenvalue weighted by Gasteiger charge is 2.04. The molecule has 0 spiro atoms. The minimum Gasteiger partial charge on any atom is -0.508 e. The summed E-state index contributed by atoms with van der Waals surface area (Å²) in [6.07, 6.45) is 0. The average Bonchev–Trinajstić information content (AvgIpc) is 2.39. The van der Waals surface area contributed by atoms with E-state index in [0.29, 0.717) is 6.54 Å². The molecule has 0 radical (unpaired) electrons. The van der Waals surface area contributed by atoms with Gasteiger partial charge in [0.2, 0.25) is 0 Å². The molecule has 0 atom stereocenters. The molecule has 19 heavy (non-hydrogen) atoms. The topological polar surface area (TPSA) is 61.7 Å². The molecule has 2 rings (SSSR count). The first-order valence-corrected chi connectivity index (χ1v) is 5.99. The second-order valence-corrected chi connectivity index (χ2v) is 4.35. The maximum absolute atomic E-state index is 9.70. The van der Waals surface area contributed by atoms with Gasteiger partial charge in [-0.3, -0.25) is 0 Å². The minimum absolute atomic E-state index is 0.0573. The Bertz CT molecular complexity index is 582. The van der Waals surface area contributed by atoms with E-state index in [1.807, 2.05) is 25.1 Å². The van der Waals surface area contributed by atoms with Crippen molar-refractivity contribution >= 4 is 5.69 Å². The molecule has 0 aromatic heterocycles. The first-order valence-electron chi connectivity index (χ1n) is 5.99. The van der Waals surface area contributed by atoms with Crippen molar-refractivity contribution in [2.24, 2.45) is 0 Å². The summed E-state index contributed by atoms with van der Waals surface area (Å²) in [5, 5.41) is 22.2. The lowest BCUT2D eigenvalue weighted by Crippen LogP contribution is -2.01. The van der Waals surface area contributed by atoms with Gasteiger partial charge in [0.15, 0.2) is 0 Å². The van der Waals surface area contributed by atoms with Gasteiger partial charge in [0.25, 0.3) is 0 Å². The number of hydrogen-bond acceptors (Lipinski definition) is 4. The molecule has 2 aromatic carbocycles. The molecule has 0 aliphatic rings. The fourth-order valence-corrected chi connectivity index (χ4v) is 1.85. The molecule has 0 saturated heterocycles. The third-order valence-electron chi connectivity index (χ3n) is 2.97. The SMILES string of the molecule is COc1ccc(NCc2ccc(O)cc2O)c(C)c1. The molecule has 0 bridgehead atoms. The average molecular weight is 259 g/mol. The zero-order chi connectivity index (χ0) is 13.8. The summed E-state index contributed by atoms with van der Waals surface area (Å²) in [7, 11) is 1.64. The van der Waals surface area contributed by atoms with Crippen molar-refractivity contribution in [3.8, 4) is 17.2 Å². The fraction of sp³-hybridized carbons (Fsp3) is 0.200. The number of nitrogens with one attached hydrogen (secondary N) is 1. The monoisotopic (exact) mass is 259 g/mol. The van der Waals surface area contributed by atoms with Gasteiger partial charge in [-0.2, -0.15) is 0 Å². The predicted octanol–water partition coefficient (Wildman–Crippen LogP) is 3.03. The molecule has 2 aromatic rings. The normalized spacial score (nSPS) is 10.2. The Hall–Kier alpha value is -2.36. The van der Waals surface area contributed by atoms with Gasteiger partial charge in [0.1, 0.15) is 17.2 Å². The van der Waals surface area contributed by atoms with Crippen molar-refractivity contribution in [2.45, 2.75) is 13.5 Å². The number of rotatable bonds is 4. The Morgan fingerprint density at radius 3 is 2.53 bits per heavy atom. The lowest BCUT2D eigenvalue weighted by atomic mass is 10.1. The molecule has 4 nitrogen and oxygen atoms in total. The van der Waals surface area contributed by atoms with Crippen LogP contribution in [0.4, 0.5) is 5.69 Å². The van der Waals surface area contributed by atoms with Crippen molar-refractivity contribution in [1.29, 1.82) is 0 Å². The highest BCUT2D eigenvalue weighted by molar-refractivity contribution is 5.54. The zero-order valence-corrected chi connectivity index (χ0v) is 11.0. The Kier molecular flexibility index (Phi) is 3.80. The summed E-state index contributed by atoms with van der Waals surface area (Å²) >= 11 is 0. The number of phenolic OH excluding ortho intramolecular Hbond substituents is 2. The van der Waals surface area contributed by atoms with Crippen molar-refractivity contribution in [3.63, 3.8) is 0 Å². The van der Waals surface area contributed by atoms with Crippen LogP contribution in [0, 0.1) is 6.92 Å². The molecule has 0 aliphatic heterocycles. The smallest absolute Gasteiger partial charge is 0.124 e. The van der Waals surface area contributed by atoms with Crippen molar-refractivity contribution in [3.05, 3.63) is 47.5 Å². The van der Waals surface area contributed by atoms with Gasteiger partial charge in [-0.15, -0.1) is 0 Å². The molecule has 3 N–H and O–H groups in total. The van der Waals surface area contributed by atoms with E-state index in [4.69, 9.17) is 4.74 Å². The molecule has 0 aliphatic carbocycles. The summed E-state index contributed by atoms with van der Waals surface area (Å²) in [6.45, 7) is 2.47. The number of methoxy groups -OCH3 is 1. The molecule has 0 heterocycles. The summed E-state index contributed by atoms with van der Waals surface area (Å²) in [6, 6.07) is 10.3. The second-order valence-electron chi connectivity index (χ2n) is 4.35. The summed E-state index contributed by atoms with van der Waals surface area (Å²) < 4.78 is 5.15. The second kappa shape index (κ2) is 5.52.